The Hall–Kier alpha value is -2.25. The van der Waals surface area contributed by atoms with Crippen LogP contribution >= 0.6 is 11.3 Å². The number of nitrogens with zero attached hydrogens (tertiary/aromatic N) is 3. The summed E-state index contributed by atoms with van der Waals surface area (Å²) in [6.07, 6.45) is 2.72. The molecule has 148 valence electrons. The number of fused-ring (bicyclic) bond motifs is 1. The fourth-order valence-electron chi connectivity index (χ4n) is 3.97. The van der Waals surface area contributed by atoms with Gasteiger partial charge in [-0.2, -0.15) is 0 Å². The summed E-state index contributed by atoms with van der Waals surface area (Å²) in [4.78, 5) is 33.4. The first-order valence-electron chi connectivity index (χ1n) is 9.60. The predicted molar refractivity (Wildman–Crippen MR) is 109 cm³/mol. The maximum absolute atomic E-state index is 13.1. The summed E-state index contributed by atoms with van der Waals surface area (Å²) in [5, 5.41) is 0. The first kappa shape index (κ1) is 19.1. The van der Waals surface area contributed by atoms with E-state index < -0.39 is 0 Å². The minimum Gasteiger partial charge on any atom is -0.338 e. The van der Waals surface area contributed by atoms with E-state index >= 15 is 0 Å². The Labute approximate surface area is 168 Å². The number of hydrogen-bond acceptors (Lipinski definition) is 4. The van der Waals surface area contributed by atoms with Gasteiger partial charge in [-0.05, 0) is 57.3 Å². The van der Waals surface area contributed by atoms with Gasteiger partial charge in [0.15, 0.2) is 0 Å². The number of anilines is 1. The van der Waals surface area contributed by atoms with Crippen LogP contribution in [0.4, 0.5) is 10.1 Å². The summed E-state index contributed by atoms with van der Waals surface area (Å²) in [7, 11) is 4.16. The van der Waals surface area contributed by atoms with E-state index in [9.17, 15) is 14.0 Å². The number of likely N-dealkylation sites (tertiary alicyclic amines) is 1. The van der Waals surface area contributed by atoms with E-state index in [0.29, 0.717) is 23.0 Å². The average Bonchev–Trinajstić information content (AvgIpc) is 3.28. The second-order valence-corrected chi connectivity index (χ2v) is 8.76. The smallest absolute Gasteiger partial charge is 0.264 e. The summed E-state index contributed by atoms with van der Waals surface area (Å²) >= 11 is 1.49. The van der Waals surface area contributed by atoms with Crippen molar-refractivity contribution in [2.24, 2.45) is 0 Å². The Bertz CT molecular complexity index is 886. The highest BCUT2D eigenvalue weighted by Crippen LogP contribution is 2.37. The summed E-state index contributed by atoms with van der Waals surface area (Å²) in [5.74, 6) is -0.451. The zero-order chi connectivity index (χ0) is 19.8. The number of carbonyl (C=O) groups is 2. The molecule has 28 heavy (non-hydrogen) atoms. The molecule has 2 amide bonds. The number of piperidine rings is 1. The Kier molecular flexibility index (Phi) is 5.21. The van der Waals surface area contributed by atoms with Crippen LogP contribution in [0.3, 0.4) is 0 Å². The third-order valence-electron chi connectivity index (χ3n) is 5.67. The van der Waals surface area contributed by atoms with Crippen LogP contribution in [-0.2, 0) is 6.42 Å². The predicted octanol–water partition coefficient (Wildman–Crippen LogP) is 3.26. The Morgan fingerprint density at radius 1 is 1.07 bits per heavy atom. The minimum absolute atomic E-state index is 0.0609. The number of rotatable bonds is 3. The minimum atomic E-state index is -0.361. The van der Waals surface area contributed by atoms with Gasteiger partial charge in [-0.1, -0.05) is 0 Å². The molecule has 0 saturated carbocycles. The molecule has 0 radical (unpaired) electrons. The normalized spacial score (nSPS) is 17.3. The molecular weight excluding hydrogens is 377 g/mol. The van der Waals surface area contributed by atoms with Gasteiger partial charge >= 0.3 is 0 Å². The SMILES string of the molecule is CN(C)C1CCN(C(=O)c2cc3c(s2)CCN3C(=O)c2ccc(F)cc2)CC1. The number of amides is 2. The van der Waals surface area contributed by atoms with Gasteiger partial charge < -0.3 is 14.7 Å². The maximum atomic E-state index is 13.1. The molecule has 0 unspecified atom stereocenters. The quantitative estimate of drug-likeness (QED) is 0.793. The van der Waals surface area contributed by atoms with Gasteiger partial charge in [-0.3, -0.25) is 9.59 Å². The molecule has 7 heteroatoms. The third kappa shape index (κ3) is 3.56. The lowest BCUT2D eigenvalue weighted by atomic mass is 10.0. The molecule has 4 rings (SSSR count). The second-order valence-electron chi connectivity index (χ2n) is 7.62. The van der Waals surface area contributed by atoms with Crippen LogP contribution in [0, 0.1) is 5.82 Å². The zero-order valence-electron chi connectivity index (χ0n) is 16.2. The van der Waals surface area contributed by atoms with E-state index in [1.54, 1.807) is 4.90 Å². The third-order valence-corrected chi connectivity index (χ3v) is 6.84. The molecule has 1 saturated heterocycles. The van der Waals surface area contributed by atoms with Crippen molar-refractivity contribution in [3.8, 4) is 0 Å². The molecular formula is C21H24FN3O2S. The van der Waals surface area contributed by atoms with Crippen molar-refractivity contribution in [1.82, 2.24) is 9.80 Å². The number of thiophene rings is 1. The number of benzene rings is 1. The molecule has 1 aromatic carbocycles. The molecule has 2 aliphatic heterocycles. The van der Waals surface area contributed by atoms with Crippen molar-refractivity contribution < 1.29 is 14.0 Å². The van der Waals surface area contributed by atoms with Gasteiger partial charge in [0.2, 0.25) is 0 Å². The molecule has 2 aliphatic rings. The maximum Gasteiger partial charge on any atom is 0.264 e. The van der Waals surface area contributed by atoms with Crippen LogP contribution in [0.1, 0.15) is 37.7 Å². The first-order chi connectivity index (χ1) is 13.4. The molecule has 0 atom stereocenters. The van der Waals surface area contributed by atoms with Gasteiger partial charge in [0, 0.05) is 42.5 Å². The zero-order valence-corrected chi connectivity index (χ0v) is 17.0. The van der Waals surface area contributed by atoms with E-state index in [1.165, 1.54) is 35.6 Å². The Morgan fingerprint density at radius 3 is 2.39 bits per heavy atom. The Balaban J connectivity index is 1.48. The van der Waals surface area contributed by atoms with Gasteiger partial charge in [0.25, 0.3) is 11.8 Å². The molecule has 0 spiro atoms. The second kappa shape index (κ2) is 7.64. The van der Waals surface area contributed by atoms with Gasteiger partial charge in [0.05, 0.1) is 10.6 Å². The molecule has 1 fully saturated rings. The van der Waals surface area contributed by atoms with E-state index in [-0.39, 0.29) is 17.6 Å². The Morgan fingerprint density at radius 2 is 1.75 bits per heavy atom. The standard InChI is InChI=1S/C21H24FN3O2S/c1-23(2)16-7-10-24(11-8-16)21(27)19-13-17-18(28-19)9-12-25(17)20(26)14-3-5-15(22)6-4-14/h3-6,13,16H,7-12H2,1-2H3. The van der Waals surface area contributed by atoms with Crippen molar-refractivity contribution in [2.75, 3.05) is 38.6 Å². The van der Waals surface area contributed by atoms with Crippen LogP contribution in [-0.4, -0.2) is 61.4 Å². The van der Waals surface area contributed by atoms with E-state index in [4.69, 9.17) is 0 Å². The van der Waals surface area contributed by atoms with Crippen LogP contribution < -0.4 is 4.90 Å². The highest BCUT2D eigenvalue weighted by Gasteiger charge is 2.31. The van der Waals surface area contributed by atoms with Crippen molar-refractivity contribution in [3.63, 3.8) is 0 Å². The highest BCUT2D eigenvalue weighted by molar-refractivity contribution is 7.14. The highest BCUT2D eigenvalue weighted by atomic mass is 32.1. The fourth-order valence-corrected chi connectivity index (χ4v) is 5.09. The molecule has 0 aliphatic carbocycles. The lowest BCUT2D eigenvalue weighted by Crippen LogP contribution is -2.44. The molecule has 1 aromatic heterocycles. The van der Waals surface area contributed by atoms with Crippen LogP contribution in [0.15, 0.2) is 30.3 Å². The number of hydrogen-bond donors (Lipinski definition) is 0. The molecule has 3 heterocycles. The van der Waals surface area contributed by atoms with Gasteiger partial charge in [-0.15, -0.1) is 11.3 Å². The summed E-state index contributed by atoms with van der Waals surface area (Å²) < 4.78 is 13.1. The fraction of sp³-hybridized carbons (Fsp3) is 0.429. The lowest BCUT2D eigenvalue weighted by molar-refractivity contribution is 0.0668. The largest absolute Gasteiger partial charge is 0.338 e. The molecule has 0 bridgehead atoms. The van der Waals surface area contributed by atoms with Gasteiger partial charge in [-0.25, -0.2) is 4.39 Å². The summed E-state index contributed by atoms with van der Waals surface area (Å²) in [6.45, 7) is 2.13. The molecule has 2 aromatic rings. The average molecular weight is 402 g/mol. The molecule has 5 nitrogen and oxygen atoms in total. The molecule has 0 N–H and O–H groups in total. The van der Waals surface area contributed by atoms with Crippen LogP contribution in [0.2, 0.25) is 0 Å². The lowest BCUT2D eigenvalue weighted by Gasteiger charge is -2.35. The topological polar surface area (TPSA) is 43.9 Å². The summed E-state index contributed by atoms with van der Waals surface area (Å²) in [6, 6.07) is 7.98. The van der Waals surface area contributed by atoms with Crippen LogP contribution in [0.25, 0.3) is 0 Å². The van der Waals surface area contributed by atoms with Crippen molar-refractivity contribution in [3.05, 3.63) is 51.5 Å². The number of halogens is 1. The van der Waals surface area contributed by atoms with E-state index in [0.717, 1.165) is 42.9 Å². The van der Waals surface area contributed by atoms with Crippen molar-refractivity contribution in [1.29, 1.82) is 0 Å². The van der Waals surface area contributed by atoms with Crippen molar-refractivity contribution in [2.45, 2.75) is 25.3 Å². The van der Waals surface area contributed by atoms with Gasteiger partial charge in [0.1, 0.15) is 5.82 Å². The summed E-state index contributed by atoms with van der Waals surface area (Å²) in [5.41, 5.74) is 1.28. The van der Waals surface area contributed by atoms with Crippen LogP contribution in [0.5, 0.6) is 0 Å². The van der Waals surface area contributed by atoms with Crippen molar-refractivity contribution >= 4 is 28.8 Å². The first-order valence-corrected chi connectivity index (χ1v) is 10.4. The number of carbonyl (C=O) groups excluding carboxylic acids is 2. The monoisotopic (exact) mass is 401 g/mol. The van der Waals surface area contributed by atoms with E-state index in [1.807, 2.05) is 11.0 Å². The van der Waals surface area contributed by atoms with E-state index in [2.05, 4.69) is 19.0 Å².